The van der Waals surface area contributed by atoms with Gasteiger partial charge in [-0.05, 0) is 25.0 Å². The summed E-state index contributed by atoms with van der Waals surface area (Å²) in [4.78, 5) is 7.58. The van der Waals surface area contributed by atoms with Gasteiger partial charge in [0.2, 0.25) is 0 Å². The summed E-state index contributed by atoms with van der Waals surface area (Å²) in [5, 5.41) is 30.7. The Morgan fingerprint density at radius 3 is 2.67 bits per heavy atom. The van der Waals surface area contributed by atoms with Gasteiger partial charge in [0, 0.05) is 22.5 Å². The van der Waals surface area contributed by atoms with Crippen molar-refractivity contribution in [1.82, 2.24) is 9.97 Å². The number of hydrogen-bond donors (Lipinski definition) is 4. The van der Waals surface area contributed by atoms with E-state index in [0.29, 0.717) is 18.5 Å². The summed E-state index contributed by atoms with van der Waals surface area (Å²) in [6.07, 6.45) is 0.785. The van der Waals surface area contributed by atoms with Crippen molar-refractivity contribution in [3.8, 4) is 0 Å². The van der Waals surface area contributed by atoms with Crippen molar-refractivity contribution in [1.29, 1.82) is 0 Å². The number of H-pyrrole nitrogens is 1. The van der Waals surface area contributed by atoms with E-state index in [1.807, 2.05) is 30.3 Å². The molecule has 21 heavy (non-hydrogen) atoms. The Labute approximate surface area is 121 Å². The monoisotopic (exact) mass is 286 g/mol. The third-order valence-corrected chi connectivity index (χ3v) is 3.76. The number of nitrogens with one attached hydrogen (secondary N) is 1. The van der Waals surface area contributed by atoms with Crippen molar-refractivity contribution in [2.75, 3.05) is 6.61 Å². The van der Waals surface area contributed by atoms with E-state index in [1.165, 1.54) is 0 Å². The quantitative estimate of drug-likeness (QED) is 0.576. The van der Waals surface area contributed by atoms with Gasteiger partial charge in [0.1, 0.15) is 0 Å². The second-order valence-electron chi connectivity index (χ2n) is 5.22. The molecule has 0 radical (unpaired) electrons. The van der Waals surface area contributed by atoms with Crippen molar-refractivity contribution >= 4 is 21.8 Å². The van der Waals surface area contributed by atoms with Crippen molar-refractivity contribution in [3.05, 3.63) is 42.2 Å². The Morgan fingerprint density at radius 2 is 1.86 bits per heavy atom. The number of fused-ring (bicyclic) bond motifs is 3. The third-order valence-electron chi connectivity index (χ3n) is 3.76. The van der Waals surface area contributed by atoms with Gasteiger partial charge in [0.15, 0.2) is 0 Å². The molecule has 0 fully saturated rings. The Kier molecular flexibility index (Phi) is 3.88. The van der Waals surface area contributed by atoms with Crippen LogP contribution < -0.4 is 0 Å². The number of aromatic nitrogens is 2. The minimum Gasteiger partial charge on any atom is -0.394 e. The lowest BCUT2D eigenvalue weighted by molar-refractivity contribution is 0.0678. The molecule has 5 heteroatoms. The predicted molar refractivity (Wildman–Crippen MR) is 80.9 cm³/mol. The number of rotatable bonds is 5. The normalized spacial score (nSPS) is 14.6. The van der Waals surface area contributed by atoms with Crippen LogP contribution >= 0.6 is 0 Å². The van der Waals surface area contributed by atoms with Crippen molar-refractivity contribution < 1.29 is 15.3 Å². The fourth-order valence-corrected chi connectivity index (χ4v) is 2.63. The lowest BCUT2D eigenvalue weighted by atomic mass is 10.1. The number of benzene rings is 1. The summed E-state index contributed by atoms with van der Waals surface area (Å²) in [6.45, 7) is -0.295. The highest BCUT2D eigenvalue weighted by Crippen LogP contribution is 2.30. The number of aromatic amines is 1. The summed E-state index contributed by atoms with van der Waals surface area (Å²) in [5.41, 5.74) is 2.41. The maximum atomic E-state index is 10.3. The smallest absolute Gasteiger partial charge is 0.0982 e. The first-order chi connectivity index (χ1) is 10.2. The van der Waals surface area contributed by atoms with Crippen LogP contribution in [0.4, 0.5) is 0 Å². The fourth-order valence-electron chi connectivity index (χ4n) is 2.63. The van der Waals surface area contributed by atoms with Gasteiger partial charge in [-0.1, -0.05) is 18.2 Å². The van der Waals surface area contributed by atoms with Crippen LogP contribution in [0.5, 0.6) is 0 Å². The molecule has 0 amide bonds. The first-order valence-corrected chi connectivity index (χ1v) is 7.03. The Balaban J connectivity index is 1.98. The molecule has 0 bridgehead atoms. The molecule has 0 aliphatic rings. The highest BCUT2D eigenvalue weighted by molar-refractivity contribution is 6.07. The molecule has 0 saturated carbocycles. The first-order valence-electron chi connectivity index (χ1n) is 7.03. The molecule has 4 N–H and O–H groups in total. The molecule has 110 valence electrons. The molecular formula is C16H18N2O3. The van der Waals surface area contributed by atoms with Gasteiger partial charge in [-0.25, -0.2) is 0 Å². The molecule has 1 aromatic carbocycles. The zero-order valence-corrected chi connectivity index (χ0v) is 11.5. The van der Waals surface area contributed by atoms with E-state index < -0.39 is 12.2 Å². The average Bonchev–Trinajstić information content (AvgIpc) is 2.90. The van der Waals surface area contributed by atoms with Crippen LogP contribution in [0.15, 0.2) is 36.5 Å². The van der Waals surface area contributed by atoms with E-state index in [0.717, 1.165) is 21.8 Å². The zero-order chi connectivity index (χ0) is 14.8. The van der Waals surface area contributed by atoms with Crippen LogP contribution in [0, 0.1) is 0 Å². The largest absolute Gasteiger partial charge is 0.394 e. The maximum Gasteiger partial charge on any atom is 0.0982 e. The van der Waals surface area contributed by atoms with E-state index in [4.69, 9.17) is 5.11 Å². The van der Waals surface area contributed by atoms with Gasteiger partial charge < -0.3 is 20.3 Å². The standard InChI is InChI=1S/C16H18N2O3/c19-9-10(20)5-6-14(21)16-15-12(7-8-17-16)11-3-1-2-4-13(11)18-15/h1-4,7-8,10,14,18-21H,5-6,9H2. The predicted octanol–water partition coefficient (Wildman–Crippen LogP) is 1.88. The van der Waals surface area contributed by atoms with E-state index in [2.05, 4.69) is 9.97 Å². The van der Waals surface area contributed by atoms with Crippen LogP contribution in [0.25, 0.3) is 21.8 Å². The lowest BCUT2D eigenvalue weighted by Gasteiger charge is -2.13. The van der Waals surface area contributed by atoms with Gasteiger partial charge in [-0.2, -0.15) is 0 Å². The third kappa shape index (κ3) is 2.63. The Morgan fingerprint density at radius 1 is 1.05 bits per heavy atom. The molecule has 2 atom stereocenters. The maximum absolute atomic E-state index is 10.3. The van der Waals surface area contributed by atoms with Gasteiger partial charge >= 0.3 is 0 Å². The molecule has 0 spiro atoms. The molecule has 2 aromatic heterocycles. The highest BCUT2D eigenvalue weighted by atomic mass is 16.3. The summed E-state index contributed by atoms with van der Waals surface area (Å²) in [6, 6.07) is 9.87. The van der Waals surface area contributed by atoms with Crippen LogP contribution in [0.1, 0.15) is 24.6 Å². The molecular weight excluding hydrogens is 268 g/mol. The molecule has 3 rings (SSSR count). The van der Waals surface area contributed by atoms with E-state index >= 15 is 0 Å². The van der Waals surface area contributed by atoms with Gasteiger partial charge in [0.05, 0.1) is 30.0 Å². The second kappa shape index (κ2) is 5.81. The number of aliphatic hydroxyl groups excluding tert-OH is 3. The number of para-hydroxylation sites is 1. The SMILES string of the molecule is OCC(O)CCC(O)c1nccc2c1[nH]c1ccccc12. The Bertz CT molecular complexity index is 753. The van der Waals surface area contributed by atoms with Gasteiger partial charge in [-0.3, -0.25) is 4.98 Å². The fraction of sp³-hybridized carbons (Fsp3) is 0.312. The summed E-state index contributed by atoms with van der Waals surface area (Å²) in [5.74, 6) is 0. The van der Waals surface area contributed by atoms with Crippen LogP contribution in [0.3, 0.4) is 0 Å². The van der Waals surface area contributed by atoms with Crippen molar-refractivity contribution in [3.63, 3.8) is 0 Å². The van der Waals surface area contributed by atoms with Crippen LogP contribution in [-0.4, -0.2) is 38.0 Å². The van der Waals surface area contributed by atoms with Gasteiger partial charge in [0.25, 0.3) is 0 Å². The van der Waals surface area contributed by atoms with Crippen molar-refractivity contribution in [2.24, 2.45) is 0 Å². The molecule has 2 heterocycles. The number of aliphatic hydroxyl groups is 3. The van der Waals surface area contributed by atoms with Crippen molar-refractivity contribution in [2.45, 2.75) is 25.0 Å². The lowest BCUT2D eigenvalue weighted by Crippen LogP contribution is -2.13. The minimum atomic E-state index is -0.804. The zero-order valence-electron chi connectivity index (χ0n) is 11.5. The van der Waals surface area contributed by atoms with Crippen LogP contribution in [-0.2, 0) is 0 Å². The number of nitrogens with zero attached hydrogens (tertiary/aromatic N) is 1. The van der Waals surface area contributed by atoms with Crippen LogP contribution in [0.2, 0.25) is 0 Å². The van der Waals surface area contributed by atoms with Gasteiger partial charge in [-0.15, -0.1) is 0 Å². The first kappa shape index (κ1) is 14.0. The van der Waals surface area contributed by atoms with E-state index in [-0.39, 0.29) is 6.61 Å². The Hall–Kier alpha value is -1.95. The molecule has 0 aliphatic carbocycles. The summed E-state index contributed by atoms with van der Waals surface area (Å²) in [7, 11) is 0. The summed E-state index contributed by atoms with van der Waals surface area (Å²) >= 11 is 0. The molecule has 3 aromatic rings. The second-order valence-corrected chi connectivity index (χ2v) is 5.22. The molecule has 5 nitrogen and oxygen atoms in total. The number of hydrogen-bond acceptors (Lipinski definition) is 4. The summed E-state index contributed by atoms with van der Waals surface area (Å²) < 4.78 is 0. The molecule has 2 unspecified atom stereocenters. The molecule has 0 aliphatic heterocycles. The highest BCUT2D eigenvalue weighted by Gasteiger charge is 2.17. The number of pyridine rings is 1. The topological polar surface area (TPSA) is 89.4 Å². The molecule has 0 saturated heterocycles. The minimum absolute atomic E-state index is 0.295. The average molecular weight is 286 g/mol. The van der Waals surface area contributed by atoms with E-state index in [9.17, 15) is 10.2 Å². The van der Waals surface area contributed by atoms with E-state index in [1.54, 1.807) is 6.20 Å².